The van der Waals surface area contributed by atoms with Crippen molar-refractivity contribution in [3.63, 3.8) is 0 Å². The minimum atomic E-state index is -0.620. The van der Waals surface area contributed by atoms with Gasteiger partial charge in [-0.05, 0) is 13.3 Å². The van der Waals surface area contributed by atoms with E-state index in [1.54, 1.807) is 13.3 Å². The standard InChI is InChI=1S/C10H15.C2H7OP.2ClH.Ir/c1-6-7(2)9(4)10(5)8(6)3;1-4(2)3;;;/h1-5H3;3H,1-2H3;2*1H;/q-1;;;;+3/p-2. The van der Waals surface area contributed by atoms with Crippen LogP contribution in [0.4, 0.5) is 0 Å². The van der Waals surface area contributed by atoms with Crippen molar-refractivity contribution in [2.24, 2.45) is 0 Å². The Kier molecular flexibility index (Phi) is 13.0. The fourth-order valence-corrected chi connectivity index (χ4v) is 1.41. The van der Waals surface area contributed by atoms with Crippen molar-refractivity contribution in [2.75, 3.05) is 13.3 Å². The van der Waals surface area contributed by atoms with Gasteiger partial charge in [-0.25, -0.2) is 0 Å². The van der Waals surface area contributed by atoms with Gasteiger partial charge in [0.1, 0.15) is 0 Å². The Morgan fingerprint density at radius 1 is 1.00 bits per heavy atom. The molecule has 0 aromatic heterocycles. The number of halogens is 2. The van der Waals surface area contributed by atoms with Crippen LogP contribution in [0, 0.1) is 34.6 Å². The van der Waals surface area contributed by atoms with Crippen LogP contribution in [-0.4, -0.2) is 18.2 Å². The van der Waals surface area contributed by atoms with Crippen LogP contribution in [0.2, 0.25) is 0 Å². The van der Waals surface area contributed by atoms with Gasteiger partial charge < -0.3 is 4.89 Å². The summed E-state index contributed by atoms with van der Waals surface area (Å²) in [5.41, 5.74) is 7.34. The van der Waals surface area contributed by atoms with E-state index >= 15 is 0 Å². The molecule has 0 saturated carbocycles. The Morgan fingerprint density at radius 3 is 1.24 bits per heavy atom. The zero-order valence-electron chi connectivity index (χ0n) is 11.5. The van der Waals surface area contributed by atoms with Crippen LogP contribution in [0.3, 0.4) is 0 Å². The van der Waals surface area contributed by atoms with Crippen LogP contribution >= 0.6 is 27.3 Å². The van der Waals surface area contributed by atoms with Crippen LogP contribution in [0.1, 0.15) is 27.8 Å². The van der Waals surface area contributed by atoms with E-state index in [0.29, 0.717) is 0 Å². The maximum absolute atomic E-state index is 8.12. The first-order valence-corrected chi connectivity index (χ1v) is 13.2. The molecule has 0 heterocycles. The van der Waals surface area contributed by atoms with Gasteiger partial charge in [-0.2, -0.15) is 27.8 Å². The summed E-state index contributed by atoms with van der Waals surface area (Å²) in [5.74, 6) is 0. The monoisotopic (exact) mass is 476 g/mol. The molecule has 1 aromatic rings. The third-order valence-electron chi connectivity index (χ3n) is 2.81. The number of hydrogen-bond acceptors (Lipinski definition) is 1. The summed E-state index contributed by atoms with van der Waals surface area (Å²) in [7, 11) is 9.16. The Bertz CT molecular complexity index is 242. The molecule has 0 amide bonds. The van der Waals surface area contributed by atoms with E-state index < -0.39 is 23.8 Å². The summed E-state index contributed by atoms with van der Waals surface area (Å²) in [6, 6.07) is 0. The molecule has 17 heavy (non-hydrogen) atoms. The van der Waals surface area contributed by atoms with Gasteiger partial charge in [-0.3, -0.25) is 0 Å². The SMILES string of the molecule is CP(C)O.Cc1c(C)c(C)[c-](C)c1C.[Cl][Ir+][Cl]. The van der Waals surface area contributed by atoms with E-state index in [1.165, 1.54) is 27.8 Å². The molecule has 104 valence electrons. The summed E-state index contributed by atoms with van der Waals surface area (Å²) in [4.78, 5) is 8.12. The van der Waals surface area contributed by atoms with E-state index in [-0.39, 0.29) is 0 Å². The minimum absolute atomic E-state index is 0.556. The second-order valence-electron chi connectivity index (χ2n) is 4.02. The summed E-state index contributed by atoms with van der Waals surface area (Å²) in [6.45, 7) is 14.6. The molecule has 1 nitrogen and oxygen atoms in total. The van der Waals surface area contributed by atoms with E-state index in [1.807, 2.05) is 0 Å². The van der Waals surface area contributed by atoms with Crippen LogP contribution < -0.4 is 0 Å². The molecule has 1 aromatic carbocycles. The van der Waals surface area contributed by atoms with Crippen molar-refractivity contribution in [3.8, 4) is 0 Å². The molecule has 0 bridgehead atoms. The second kappa shape index (κ2) is 10.9. The molecule has 0 unspecified atom stereocenters. The van der Waals surface area contributed by atoms with E-state index in [4.69, 9.17) is 24.1 Å². The van der Waals surface area contributed by atoms with Crippen molar-refractivity contribution < 1.29 is 20.6 Å². The fourth-order valence-electron chi connectivity index (χ4n) is 1.41. The molecule has 0 aliphatic carbocycles. The van der Waals surface area contributed by atoms with Gasteiger partial charge >= 0.3 is 34.8 Å². The normalized spacial score (nSPS) is 9.59. The van der Waals surface area contributed by atoms with Crippen molar-refractivity contribution in [1.29, 1.82) is 0 Å². The van der Waals surface area contributed by atoms with Gasteiger partial charge in [0.15, 0.2) is 0 Å². The van der Waals surface area contributed by atoms with Crippen molar-refractivity contribution in [2.45, 2.75) is 34.6 Å². The zero-order valence-corrected chi connectivity index (χ0v) is 16.3. The van der Waals surface area contributed by atoms with Crippen LogP contribution in [0.5, 0.6) is 0 Å². The van der Waals surface area contributed by atoms with Gasteiger partial charge in [0, 0.05) is 8.15 Å². The van der Waals surface area contributed by atoms with E-state index in [0.717, 1.165) is 0 Å². The molecule has 0 aliphatic heterocycles. The third-order valence-corrected chi connectivity index (χ3v) is 2.81. The number of hydrogen-bond donors (Lipinski definition) is 1. The summed E-state index contributed by atoms with van der Waals surface area (Å²) in [5, 5.41) is 0. The average Bonchev–Trinajstić information content (AvgIpc) is 2.37. The predicted molar refractivity (Wildman–Crippen MR) is 78.4 cm³/mol. The summed E-state index contributed by atoms with van der Waals surface area (Å²) < 4.78 is 0. The Labute approximate surface area is 123 Å². The molecule has 1 rings (SSSR count). The van der Waals surface area contributed by atoms with Crippen LogP contribution in [0.25, 0.3) is 0 Å². The van der Waals surface area contributed by atoms with Gasteiger partial charge in [0.2, 0.25) is 0 Å². The molecule has 0 fully saturated rings. The maximum atomic E-state index is 8.12. The average molecular weight is 476 g/mol. The molecule has 0 atom stereocenters. The first-order valence-electron chi connectivity index (χ1n) is 5.10. The molecule has 0 saturated heterocycles. The van der Waals surface area contributed by atoms with Gasteiger partial charge in [-0.1, -0.05) is 34.6 Å². The van der Waals surface area contributed by atoms with E-state index in [9.17, 15) is 0 Å². The first-order chi connectivity index (χ1) is 7.70. The second-order valence-corrected chi connectivity index (χ2v) is 9.17. The molecule has 0 spiro atoms. The summed E-state index contributed by atoms with van der Waals surface area (Å²) in [6.07, 6.45) is 0. The molecule has 0 radical (unpaired) electrons. The van der Waals surface area contributed by atoms with Crippen molar-refractivity contribution in [1.82, 2.24) is 0 Å². The van der Waals surface area contributed by atoms with Crippen molar-refractivity contribution in [3.05, 3.63) is 27.8 Å². The summed E-state index contributed by atoms with van der Waals surface area (Å²) >= 11 is -0.556. The van der Waals surface area contributed by atoms with Crippen molar-refractivity contribution >= 4 is 27.3 Å². The fraction of sp³-hybridized carbons (Fsp3) is 0.583. The molecular formula is C12H22Cl2IrOP. The van der Waals surface area contributed by atoms with E-state index in [2.05, 4.69) is 34.6 Å². The first kappa shape index (κ1) is 20.3. The molecular weight excluding hydrogens is 454 g/mol. The van der Waals surface area contributed by atoms with Crippen LogP contribution in [-0.2, 0) is 15.7 Å². The predicted octanol–water partition coefficient (Wildman–Crippen LogP) is 4.96. The van der Waals surface area contributed by atoms with Gasteiger partial charge in [0.25, 0.3) is 0 Å². The van der Waals surface area contributed by atoms with Gasteiger partial charge in [-0.15, -0.1) is 0 Å². The number of rotatable bonds is 0. The molecule has 5 heteroatoms. The molecule has 0 aliphatic rings. The Balaban J connectivity index is 0. The van der Waals surface area contributed by atoms with Crippen LogP contribution in [0.15, 0.2) is 0 Å². The van der Waals surface area contributed by atoms with Gasteiger partial charge in [0.05, 0.1) is 0 Å². The third kappa shape index (κ3) is 8.65. The molecule has 1 N–H and O–H groups in total. The zero-order chi connectivity index (χ0) is 14.2. The Morgan fingerprint density at radius 2 is 1.18 bits per heavy atom. The Hall–Kier alpha value is 0.969. The quantitative estimate of drug-likeness (QED) is 0.415. The topological polar surface area (TPSA) is 20.2 Å².